The molecule has 0 unspecified atom stereocenters. The Morgan fingerprint density at radius 1 is 0.682 bits per heavy atom. The molecule has 1 saturated heterocycles. The summed E-state index contributed by atoms with van der Waals surface area (Å²) in [5, 5.41) is 0. The van der Waals surface area contributed by atoms with Crippen molar-refractivity contribution < 1.29 is 0 Å². The van der Waals surface area contributed by atoms with E-state index in [9.17, 15) is 0 Å². The molecule has 1 heterocycles. The molecule has 0 amide bonds. The minimum Gasteiger partial charge on any atom is -0.237 e. The van der Waals surface area contributed by atoms with Crippen LogP contribution in [0.4, 0.5) is 5.69 Å². The number of hydrogen-bond acceptors (Lipinski definition) is 2. The van der Waals surface area contributed by atoms with Crippen LogP contribution in [0.25, 0.3) is 0 Å². The molecule has 3 aromatic rings. The Hall–Kier alpha value is -2.23. The van der Waals surface area contributed by atoms with Gasteiger partial charge in [-0.05, 0) is 53.2 Å². The monoisotopic (exact) mass is 306 g/mol. The van der Waals surface area contributed by atoms with E-state index in [1.807, 2.05) is 0 Å². The molecule has 2 nitrogen and oxygen atoms in total. The first-order valence-corrected chi connectivity index (χ1v) is 8.98. The molecule has 0 saturated carbocycles. The van der Waals surface area contributed by atoms with Gasteiger partial charge in [0, 0.05) is 9.79 Å². The van der Waals surface area contributed by atoms with Gasteiger partial charge in [0.15, 0.2) is 0 Å². The highest BCUT2D eigenvalue weighted by atomic mass is 32.3. The van der Waals surface area contributed by atoms with Crippen molar-refractivity contribution in [2.24, 2.45) is 0 Å². The lowest BCUT2D eigenvalue weighted by Crippen LogP contribution is -1.99. The van der Waals surface area contributed by atoms with Crippen LogP contribution in [0, 0.1) is 6.92 Å². The second kappa shape index (κ2) is 5.20. The summed E-state index contributed by atoms with van der Waals surface area (Å²) in [6.45, 7) is 2.16. The largest absolute Gasteiger partial charge is 0.237 e. The fraction of sp³-hybridized carbons (Fsp3) is 0.0526. The van der Waals surface area contributed by atoms with E-state index in [-0.39, 0.29) is 0 Å². The van der Waals surface area contributed by atoms with Gasteiger partial charge in [0.25, 0.3) is 0 Å². The number of anilines is 1. The first kappa shape index (κ1) is 13.4. The molecule has 4 rings (SSSR count). The van der Waals surface area contributed by atoms with Crippen LogP contribution in [-0.4, -0.2) is 0 Å². The molecule has 3 aromatic carbocycles. The first-order valence-electron chi connectivity index (χ1n) is 7.39. The molecule has 0 spiro atoms. The number of hydrogen-bond donors (Lipinski definition) is 1. The molecule has 1 fully saturated rings. The highest BCUT2D eigenvalue weighted by Crippen LogP contribution is 2.73. The minimum atomic E-state index is -1.32. The van der Waals surface area contributed by atoms with Gasteiger partial charge in [0.05, 0.1) is 5.69 Å². The van der Waals surface area contributed by atoms with E-state index in [1.54, 1.807) is 0 Å². The van der Waals surface area contributed by atoms with Crippen molar-refractivity contribution in [3.63, 3.8) is 0 Å². The molecular weight excluding hydrogens is 288 g/mol. The minimum absolute atomic E-state index is 1.25. The van der Waals surface area contributed by atoms with Gasteiger partial charge in [-0.25, -0.2) is 4.41 Å². The molecular formula is C19H18N2S. The second-order valence-corrected chi connectivity index (χ2v) is 8.03. The van der Waals surface area contributed by atoms with E-state index in [1.165, 1.54) is 21.0 Å². The predicted molar refractivity (Wildman–Crippen MR) is 93.8 cm³/mol. The third-order valence-electron chi connectivity index (χ3n) is 3.96. The number of benzene rings is 3. The highest BCUT2D eigenvalue weighted by Gasteiger charge is 2.50. The molecule has 22 heavy (non-hydrogen) atoms. The molecule has 0 aliphatic carbocycles. The summed E-state index contributed by atoms with van der Waals surface area (Å²) in [5.41, 5.74) is 2.54. The number of aryl methyl sites for hydroxylation is 1. The first-order chi connectivity index (χ1) is 10.8. The lowest BCUT2D eigenvalue weighted by Gasteiger charge is -2.21. The third kappa shape index (κ3) is 2.02. The van der Waals surface area contributed by atoms with Crippen molar-refractivity contribution in [2.45, 2.75) is 16.7 Å². The zero-order valence-corrected chi connectivity index (χ0v) is 13.3. The van der Waals surface area contributed by atoms with Crippen molar-refractivity contribution in [3.8, 4) is 0 Å². The Morgan fingerprint density at radius 3 is 1.73 bits per heavy atom. The topological polar surface area (TPSA) is 25.0 Å². The van der Waals surface area contributed by atoms with E-state index in [2.05, 4.69) is 101 Å². The van der Waals surface area contributed by atoms with E-state index in [0.29, 0.717) is 0 Å². The molecule has 1 aliphatic heterocycles. The molecule has 110 valence electrons. The van der Waals surface area contributed by atoms with Gasteiger partial charge in [-0.3, -0.25) is 0 Å². The molecule has 0 radical (unpaired) electrons. The summed E-state index contributed by atoms with van der Waals surface area (Å²) in [6, 6.07) is 30.0. The SMILES string of the molecule is Cc1ccccc1N1NS1(c1ccccc1)c1ccccc1. The van der Waals surface area contributed by atoms with Crippen LogP contribution in [0.15, 0.2) is 94.7 Å². The maximum absolute atomic E-state index is 3.69. The van der Waals surface area contributed by atoms with Crippen molar-refractivity contribution >= 4 is 16.1 Å². The molecule has 3 heteroatoms. The van der Waals surface area contributed by atoms with Crippen LogP contribution >= 0.6 is 10.4 Å². The maximum Gasteiger partial charge on any atom is 0.0689 e. The van der Waals surface area contributed by atoms with Gasteiger partial charge in [0.2, 0.25) is 0 Å². The summed E-state index contributed by atoms with van der Waals surface area (Å²) in [5.74, 6) is 0. The number of rotatable bonds is 3. The van der Waals surface area contributed by atoms with E-state index in [4.69, 9.17) is 0 Å². The average Bonchev–Trinajstić information content (AvgIpc) is 3.34. The smallest absolute Gasteiger partial charge is 0.0689 e. The molecule has 0 atom stereocenters. The lowest BCUT2D eigenvalue weighted by atomic mass is 10.2. The summed E-state index contributed by atoms with van der Waals surface area (Å²) in [6.07, 6.45) is 0. The number of nitrogens with one attached hydrogen (secondary N) is 1. The summed E-state index contributed by atoms with van der Waals surface area (Å²) in [4.78, 5) is 6.36. The number of nitrogens with zero attached hydrogens (tertiary/aromatic N) is 1. The van der Waals surface area contributed by atoms with Gasteiger partial charge in [-0.2, -0.15) is 4.83 Å². The van der Waals surface area contributed by atoms with Crippen molar-refractivity contribution in [2.75, 3.05) is 4.41 Å². The summed E-state index contributed by atoms with van der Waals surface area (Å²) < 4.78 is 2.34. The normalized spacial score (nSPS) is 17.0. The van der Waals surface area contributed by atoms with Gasteiger partial charge in [0.1, 0.15) is 0 Å². The van der Waals surface area contributed by atoms with Crippen LogP contribution in [0.2, 0.25) is 0 Å². The Kier molecular flexibility index (Phi) is 3.17. The van der Waals surface area contributed by atoms with Gasteiger partial charge in [-0.15, -0.1) is 0 Å². The Bertz CT molecular complexity index is 747. The van der Waals surface area contributed by atoms with Crippen LogP contribution in [-0.2, 0) is 0 Å². The van der Waals surface area contributed by atoms with Gasteiger partial charge in [-0.1, -0.05) is 54.6 Å². The fourth-order valence-electron chi connectivity index (χ4n) is 2.78. The van der Waals surface area contributed by atoms with E-state index >= 15 is 0 Å². The third-order valence-corrected chi connectivity index (χ3v) is 6.98. The van der Waals surface area contributed by atoms with Crippen LogP contribution in [0.5, 0.6) is 0 Å². The molecule has 1 aliphatic rings. The lowest BCUT2D eigenvalue weighted by molar-refractivity contribution is 1.22. The van der Waals surface area contributed by atoms with Gasteiger partial charge < -0.3 is 0 Å². The van der Waals surface area contributed by atoms with Crippen LogP contribution in [0.3, 0.4) is 0 Å². The second-order valence-electron chi connectivity index (χ2n) is 5.38. The summed E-state index contributed by atoms with van der Waals surface area (Å²) in [7, 11) is -1.32. The molecule has 0 bridgehead atoms. The van der Waals surface area contributed by atoms with Crippen molar-refractivity contribution in [1.82, 2.24) is 4.83 Å². The highest BCUT2D eigenvalue weighted by molar-refractivity contribution is 8.38. The zero-order chi connectivity index (χ0) is 15.0. The number of para-hydroxylation sites is 1. The van der Waals surface area contributed by atoms with Crippen LogP contribution in [0.1, 0.15) is 5.56 Å². The van der Waals surface area contributed by atoms with Gasteiger partial charge >= 0.3 is 0 Å². The van der Waals surface area contributed by atoms with Crippen molar-refractivity contribution in [3.05, 3.63) is 90.5 Å². The van der Waals surface area contributed by atoms with Crippen LogP contribution < -0.4 is 9.25 Å². The standard InChI is InChI=1S/C19H18N2S/c1-16-10-8-9-15-19(16)21-20-22(21,17-11-4-2-5-12-17)18-13-6-3-7-14-18/h2-15,20H,1H3. The fourth-order valence-corrected chi connectivity index (χ4v) is 5.81. The molecule has 0 aromatic heterocycles. The van der Waals surface area contributed by atoms with E-state index in [0.717, 1.165) is 0 Å². The Balaban J connectivity index is 1.85. The Labute approximate surface area is 133 Å². The zero-order valence-electron chi connectivity index (χ0n) is 12.4. The van der Waals surface area contributed by atoms with Crippen molar-refractivity contribution in [1.29, 1.82) is 0 Å². The average molecular weight is 306 g/mol. The number of hydrazine groups is 1. The maximum atomic E-state index is 3.69. The quantitative estimate of drug-likeness (QED) is 0.683. The summed E-state index contributed by atoms with van der Waals surface area (Å²) >= 11 is 0. The van der Waals surface area contributed by atoms with E-state index < -0.39 is 10.4 Å². The Morgan fingerprint density at radius 2 is 1.18 bits per heavy atom. The molecule has 1 N–H and O–H groups in total. The predicted octanol–water partition coefficient (Wildman–Crippen LogP) is 5.07.